The maximum Gasteiger partial charge on any atom is 0.186 e. The van der Waals surface area contributed by atoms with Gasteiger partial charge in [-0.3, -0.25) is 9.59 Å². The van der Waals surface area contributed by atoms with E-state index in [0.717, 1.165) is 49.9 Å². The van der Waals surface area contributed by atoms with Gasteiger partial charge in [-0.05, 0) is 128 Å². The molecule has 308 valence electrons. The van der Waals surface area contributed by atoms with Gasteiger partial charge >= 0.3 is 0 Å². The van der Waals surface area contributed by atoms with Crippen molar-refractivity contribution in [2.75, 3.05) is 0 Å². The van der Waals surface area contributed by atoms with Gasteiger partial charge in [-0.25, -0.2) is 0 Å². The average molecular weight is 865 g/mol. The third-order valence-electron chi connectivity index (χ3n) is 10.9. The summed E-state index contributed by atoms with van der Waals surface area (Å²) < 4.78 is 0. The number of ketones is 2. The van der Waals surface area contributed by atoms with Crippen molar-refractivity contribution in [1.82, 2.24) is 0 Å². The molecular weight excluding hydrogens is 809 g/mol. The molecule has 0 spiro atoms. The smallest absolute Gasteiger partial charge is 0.186 e. The molecule has 1 aliphatic carbocycles. The summed E-state index contributed by atoms with van der Waals surface area (Å²) in [6.07, 6.45) is 2.83. The van der Waals surface area contributed by atoms with Crippen LogP contribution in [0.25, 0.3) is 10.8 Å². The summed E-state index contributed by atoms with van der Waals surface area (Å²) in [5.74, 6) is -0.290. The van der Waals surface area contributed by atoms with Crippen LogP contribution in [-0.4, -0.2) is 11.6 Å². The van der Waals surface area contributed by atoms with Gasteiger partial charge in [0.15, 0.2) is 11.6 Å². The molecule has 0 radical (unpaired) electrons. The maximum absolute atomic E-state index is 13.6. The Labute approximate surface area is 375 Å². The standard InChI is InChI=1S/C54H56O2S4/c1-51(2,3)33-13-21-37(22-14-33)57-47-43-31-41-42(46(56)30-29-45(41)55)32-44(43)48(58-38-23-15-34(16-24-38)52(4,5)6)50(60-40-27-19-36(20-28-40)54(10,11)12)49(47)59-39-25-17-35(18-26-39)53(7,8)9/h13-32H,1-12H3. The van der Waals surface area contributed by atoms with Crippen LogP contribution in [0.2, 0.25) is 0 Å². The van der Waals surface area contributed by atoms with Crippen molar-refractivity contribution < 1.29 is 9.59 Å². The summed E-state index contributed by atoms with van der Waals surface area (Å²) in [5, 5.41) is 1.93. The van der Waals surface area contributed by atoms with Gasteiger partial charge < -0.3 is 0 Å². The van der Waals surface area contributed by atoms with E-state index in [2.05, 4.69) is 180 Å². The Hall–Kier alpha value is -3.94. The Morgan fingerprint density at radius 1 is 0.317 bits per heavy atom. The Balaban J connectivity index is 1.55. The Bertz CT molecular complexity index is 2420. The summed E-state index contributed by atoms with van der Waals surface area (Å²) in [7, 11) is 0. The molecule has 0 unspecified atom stereocenters. The molecule has 0 aliphatic heterocycles. The number of carbonyl (C=O) groups is 2. The van der Waals surface area contributed by atoms with E-state index in [0.29, 0.717) is 11.1 Å². The minimum Gasteiger partial charge on any atom is -0.289 e. The first-order valence-corrected chi connectivity index (χ1v) is 23.9. The highest BCUT2D eigenvalue weighted by molar-refractivity contribution is 8.05. The minimum absolute atomic E-state index is 0.0197. The molecule has 7 rings (SSSR count). The number of hydrogen-bond acceptors (Lipinski definition) is 6. The lowest BCUT2D eigenvalue weighted by Gasteiger charge is -2.24. The van der Waals surface area contributed by atoms with Crippen LogP contribution >= 0.6 is 47.0 Å². The maximum atomic E-state index is 13.6. The molecule has 60 heavy (non-hydrogen) atoms. The van der Waals surface area contributed by atoms with Crippen LogP contribution in [-0.2, 0) is 21.7 Å². The van der Waals surface area contributed by atoms with Crippen LogP contribution in [0.5, 0.6) is 0 Å². The first-order valence-electron chi connectivity index (χ1n) is 20.6. The van der Waals surface area contributed by atoms with Crippen LogP contribution in [0.3, 0.4) is 0 Å². The minimum atomic E-state index is -0.145. The molecule has 6 aromatic carbocycles. The lowest BCUT2D eigenvalue weighted by molar-refractivity contribution is 0.0994. The topological polar surface area (TPSA) is 34.1 Å². The molecule has 0 heterocycles. The molecule has 0 atom stereocenters. The summed E-state index contributed by atoms with van der Waals surface area (Å²) >= 11 is 7.02. The first kappa shape index (κ1) is 44.1. The summed E-state index contributed by atoms with van der Waals surface area (Å²) in [5.41, 5.74) is 6.10. The Kier molecular flexibility index (Phi) is 12.3. The second-order valence-corrected chi connectivity index (χ2v) is 24.2. The second kappa shape index (κ2) is 16.7. The molecule has 0 N–H and O–H groups in total. The van der Waals surface area contributed by atoms with Crippen molar-refractivity contribution in [2.45, 2.75) is 144 Å². The van der Waals surface area contributed by atoms with Crippen molar-refractivity contribution in [3.05, 3.63) is 155 Å². The van der Waals surface area contributed by atoms with Crippen LogP contribution < -0.4 is 0 Å². The molecule has 0 saturated carbocycles. The highest BCUT2D eigenvalue weighted by Gasteiger charge is 2.29. The highest BCUT2D eigenvalue weighted by Crippen LogP contribution is 2.55. The van der Waals surface area contributed by atoms with Crippen LogP contribution in [0, 0.1) is 0 Å². The number of fused-ring (bicyclic) bond motifs is 2. The SMILES string of the molecule is CC(C)(C)c1ccc(Sc2c(Sc3ccc(C(C)(C)C)cc3)c(Sc3ccc(C(C)(C)C)cc3)c3cc4c(cc3c2Sc2ccc(C(C)(C)C)cc2)C(=O)C=CC4=O)cc1. The Morgan fingerprint density at radius 3 is 0.750 bits per heavy atom. The quantitative estimate of drug-likeness (QED) is 0.152. The zero-order valence-corrected chi connectivity index (χ0v) is 40.3. The highest BCUT2D eigenvalue weighted by atomic mass is 32.2. The molecule has 0 fully saturated rings. The van der Waals surface area contributed by atoms with Gasteiger partial charge in [0.1, 0.15) is 0 Å². The number of benzene rings is 6. The summed E-state index contributed by atoms with van der Waals surface area (Å²) in [6, 6.07) is 39.8. The van der Waals surface area contributed by atoms with Gasteiger partial charge in [0, 0.05) is 50.3 Å². The van der Waals surface area contributed by atoms with E-state index in [-0.39, 0.29) is 33.2 Å². The van der Waals surface area contributed by atoms with Crippen molar-refractivity contribution in [3.8, 4) is 0 Å². The predicted molar refractivity (Wildman–Crippen MR) is 259 cm³/mol. The average Bonchev–Trinajstić information content (AvgIpc) is 3.18. The number of allylic oxidation sites excluding steroid dienone is 2. The van der Waals surface area contributed by atoms with Gasteiger partial charge in [0.25, 0.3) is 0 Å². The van der Waals surface area contributed by atoms with E-state index >= 15 is 0 Å². The fourth-order valence-corrected chi connectivity index (χ4v) is 11.8. The Morgan fingerprint density at radius 2 is 0.533 bits per heavy atom. The zero-order chi connectivity index (χ0) is 43.4. The first-order chi connectivity index (χ1) is 28.1. The molecule has 0 saturated heterocycles. The van der Waals surface area contributed by atoms with Gasteiger partial charge in [0.05, 0.1) is 0 Å². The lowest BCUT2D eigenvalue weighted by Crippen LogP contribution is -2.12. The molecular formula is C54H56O2S4. The fraction of sp³-hybridized carbons (Fsp3) is 0.296. The molecule has 6 heteroatoms. The van der Waals surface area contributed by atoms with E-state index in [1.165, 1.54) is 34.4 Å². The second-order valence-electron chi connectivity index (χ2n) is 19.8. The third kappa shape index (κ3) is 9.73. The van der Waals surface area contributed by atoms with Gasteiger partial charge in [-0.15, -0.1) is 0 Å². The molecule has 0 bridgehead atoms. The molecule has 0 amide bonds. The van der Waals surface area contributed by atoms with Crippen LogP contribution in [0.1, 0.15) is 126 Å². The van der Waals surface area contributed by atoms with E-state index in [1.54, 1.807) is 47.0 Å². The van der Waals surface area contributed by atoms with Gasteiger partial charge in [-0.1, -0.05) is 179 Å². The monoisotopic (exact) mass is 864 g/mol. The normalized spacial score (nSPS) is 13.6. The molecule has 6 aromatic rings. The third-order valence-corrected chi connectivity index (χ3v) is 15.8. The summed E-state index contributed by atoms with van der Waals surface area (Å²) in [6.45, 7) is 26.9. The van der Waals surface area contributed by atoms with Crippen molar-refractivity contribution in [1.29, 1.82) is 0 Å². The molecule has 2 nitrogen and oxygen atoms in total. The largest absolute Gasteiger partial charge is 0.289 e. The number of carbonyl (C=O) groups excluding carboxylic acids is 2. The van der Waals surface area contributed by atoms with E-state index in [9.17, 15) is 9.59 Å². The zero-order valence-electron chi connectivity index (χ0n) is 37.0. The summed E-state index contributed by atoms with van der Waals surface area (Å²) in [4.78, 5) is 36.1. The van der Waals surface area contributed by atoms with E-state index in [1.807, 2.05) is 12.1 Å². The van der Waals surface area contributed by atoms with Crippen molar-refractivity contribution in [3.63, 3.8) is 0 Å². The number of rotatable bonds is 8. The molecule has 1 aliphatic rings. The van der Waals surface area contributed by atoms with Crippen LogP contribution in [0.4, 0.5) is 0 Å². The lowest BCUT2D eigenvalue weighted by atomic mass is 9.87. The van der Waals surface area contributed by atoms with E-state index in [4.69, 9.17) is 0 Å². The predicted octanol–water partition coefficient (Wildman–Crippen LogP) is 16.6. The van der Waals surface area contributed by atoms with Gasteiger partial charge in [0.2, 0.25) is 0 Å². The van der Waals surface area contributed by atoms with Crippen LogP contribution in [0.15, 0.2) is 161 Å². The molecule has 0 aromatic heterocycles. The van der Waals surface area contributed by atoms with Crippen molar-refractivity contribution in [2.24, 2.45) is 0 Å². The van der Waals surface area contributed by atoms with Crippen molar-refractivity contribution >= 4 is 69.4 Å². The van der Waals surface area contributed by atoms with E-state index < -0.39 is 0 Å². The number of hydrogen-bond donors (Lipinski definition) is 0. The fourth-order valence-electron chi connectivity index (χ4n) is 7.12. The van der Waals surface area contributed by atoms with Gasteiger partial charge in [-0.2, -0.15) is 0 Å².